The number of pyridine rings is 1. The summed E-state index contributed by atoms with van der Waals surface area (Å²) in [7, 11) is 1.59. The third kappa shape index (κ3) is 7.89. The molecule has 1 saturated heterocycles. The normalized spacial score (nSPS) is 25.5. The third-order valence-corrected chi connectivity index (χ3v) is 9.56. The Balaban J connectivity index is 1.37. The van der Waals surface area contributed by atoms with Gasteiger partial charge in [0.25, 0.3) is 0 Å². The Bertz CT molecular complexity index is 1790. The molecule has 3 aliphatic rings. The average Bonchev–Trinajstić information content (AvgIpc) is 3.40. The van der Waals surface area contributed by atoms with Gasteiger partial charge in [-0.2, -0.15) is 15.0 Å². The van der Waals surface area contributed by atoms with Crippen molar-refractivity contribution >= 4 is 23.9 Å². The Morgan fingerprint density at radius 3 is 2.49 bits per heavy atom. The number of carboxylic acids is 1. The minimum absolute atomic E-state index is 0.0468. The van der Waals surface area contributed by atoms with Crippen LogP contribution in [0.3, 0.4) is 0 Å². The highest BCUT2D eigenvalue weighted by Crippen LogP contribution is 2.45. The number of aromatic nitrogens is 4. The SMILES string of the molecule is COc1ccc(-c2nn([C@H]3C[C@H]4C(=O)N[C@@]5(C(=O)O)C[C@H]5C=CCCCCC[C@@H](NC(=O)OC(C)(C)C)C(=O)N4C3)nc2-c2ccccn2)cc1. The molecule has 5 atom stereocenters. The van der Waals surface area contributed by atoms with Crippen LogP contribution in [0.2, 0.25) is 0 Å². The molecule has 14 heteroatoms. The van der Waals surface area contributed by atoms with Gasteiger partial charge < -0.3 is 30.1 Å². The number of nitrogens with one attached hydrogen (secondary N) is 2. The van der Waals surface area contributed by atoms with Gasteiger partial charge in [-0.15, -0.1) is 0 Å². The molecule has 3 N–H and O–H groups in total. The van der Waals surface area contributed by atoms with E-state index in [1.165, 1.54) is 9.70 Å². The molecule has 2 aliphatic heterocycles. The zero-order valence-electron chi connectivity index (χ0n) is 29.4. The van der Waals surface area contributed by atoms with E-state index in [0.29, 0.717) is 35.7 Å². The van der Waals surface area contributed by atoms with Gasteiger partial charge in [0.15, 0.2) is 0 Å². The van der Waals surface area contributed by atoms with Crippen molar-refractivity contribution in [1.29, 1.82) is 0 Å². The number of carbonyl (C=O) groups is 4. The van der Waals surface area contributed by atoms with Crippen LogP contribution in [-0.2, 0) is 19.1 Å². The first-order chi connectivity index (χ1) is 24.4. The highest BCUT2D eigenvalue weighted by molar-refractivity contribution is 5.96. The second-order valence-electron chi connectivity index (χ2n) is 14.4. The van der Waals surface area contributed by atoms with Crippen molar-refractivity contribution in [2.45, 2.75) is 95.0 Å². The summed E-state index contributed by atoms with van der Waals surface area (Å²) < 4.78 is 10.8. The summed E-state index contributed by atoms with van der Waals surface area (Å²) in [4.78, 5) is 61.5. The van der Waals surface area contributed by atoms with E-state index in [9.17, 15) is 24.3 Å². The molecular formula is C37H45N7O7. The van der Waals surface area contributed by atoms with Gasteiger partial charge in [0.2, 0.25) is 11.8 Å². The molecule has 6 rings (SSSR count). The number of hydrogen-bond acceptors (Lipinski definition) is 9. The Morgan fingerprint density at radius 2 is 1.80 bits per heavy atom. The van der Waals surface area contributed by atoms with Gasteiger partial charge in [0, 0.05) is 30.6 Å². The van der Waals surface area contributed by atoms with Crippen LogP contribution in [0.25, 0.3) is 22.6 Å². The monoisotopic (exact) mass is 699 g/mol. The van der Waals surface area contributed by atoms with Crippen molar-refractivity contribution in [3.63, 3.8) is 0 Å². The average molecular weight is 700 g/mol. The molecule has 2 fully saturated rings. The van der Waals surface area contributed by atoms with Crippen LogP contribution in [-0.4, -0.2) is 90.7 Å². The lowest BCUT2D eigenvalue weighted by Gasteiger charge is -2.30. The van der Waals surface area contributed by atoms with E-state index in [2.05, 4.69) is 15.6 Å². The van der Waals surface area contributed by atoms with Crippen molar-refractivity contribution < 1.29 is 33.8 Å². The lowest BCUT2D eigenvalue weighted by molar-refractivity contribution is -0.145. The van der Waals surface area contributed by atoms with Crippen molar-refractivity contribution in [3.05, 3.63) is 60.8 Å². The number of allylic oxidation sites excluding steroid dienone is 1. The van der Waals surface area contributed by atoms with Crippen LogP contribution in [0.1, 0.15) is 71.8 Å². The van der Waals surface area contributed by atoms with Gasteiger partial charge in [-0.3, -0.25) is 14.6 Å². The van der Waals surface area contributed by atoms with Crippen molar-refractivity contribution in [2.75, 3.05) is 13.7 Å². The predicted molar refractivity (Wildman–Crippen MR) is 186 cm³/mol. The van der Waals surface area contributed by atoms with E-state index in [-0.39, 0.29) is 25.3 Å². The van der Waals surface area contributed by atoms with Crippen LogP contribution < -0.4 is 15.4 Å². The van der Waals surface area contributed by atoms with E-state index in [0.717, 1.165) is 24.8 Å². The topological polar surface area (TPSA) is 178 Å². The molecule has 51 heavy (non-hydrogen) atoms. The summed E-state index contributed by atoms with van der Waals surface area (Å²) in [6.45, 7) is 5.27. The van der Waals surface area contributed by atoms with Crippen LogP contribution in [0.15, 0.2) is 60.8 Å². The molecule has 3 aromatic rings. The van der Waals surface area contributed by atoms with Gasteiger partial charge >= 0.3 is 12.1 Å². The van der Waals surface area contributed by atoms with E-state index in [4.69, 9.17) is 19.7 Å². The maximum atomic E-state index is 14.4. The summed E-state index contributed by atoms with van der Waals surface area (Å²) in [5.41, 5.74) is 0.190. The number of nitrogens with zero attached hydrogens (tertiary/aromatic N) is 5. The second kappa shape index (κ2) is 14.5. The molecule has 270 valence electrons. The minimum atomic E-state index is -1.45. The number of hydrogen-bond donors (Lipinski definition) is 3. The zero-order valence-corrected chi connectivity index (χ0v) is 29.4. The van der Waals surface area contributed by atoms with Crippen molar-refractivity contribution in [1.82, 2.24) is 35.5 Å². The summed E-state index contributed by atoms with van der Waals surface area (Å²) >= 11 is 0. The maximum Gasteiger partial charge on any atom is 0.408 e. The van der Waals surface area contributed by atoms with Gasteiger partial charge in [0.05, 0.1) is 18.8 Å². The minimum Gasteiger partial charge on any atom is -0.497 e. The number of methoxy groups -OCH3 is 1. The smallest absolute Gasteiger partial charge is 0.408 e. The number of carboxylic acid groups (broad SMARTS) is 1. The molecule has 14 nitrogen and oxygen atoms in total. The molecule has 0 spiro atoms. The fraction of sp³-hybridized carbons (Fsp3) is 0.486. The predicted octanol–water partition coefficient (Wildman–Crippen LogP) is 4.53. The van der Waals surface area contributed by atoms with Gasteiger partial charge in [-0.1, -0.05) is 31.1 Å². The Kier molecular flexibility index (Phi) is 10.1. The highest BCUT2D eigenvalue weighted by Gasteiger charge is 2.61. The van der Waals surface area contributed by atoms with E-state index in [1.54, 1.807) is 40.1 Å². The molecular weight excluding hydrogens is 654 g/mol. The fourth-order valence-corrected chi connectivity index (χ4v) is 6.80. The summed E-state index contributed by atoms with van der Waals surface area (Å²) in [5.74, 6) is -1.84. The Hall–Kier alpha value is -5.27. The number of alkyl carbamates (subject to hydrolysis) is 1. The van der Waals surface area contributed by atoms with Gasteiger partial charge in [-0.05, 0) is 82.9 Å². The fourth-order valence-electron chi connectivity index (χ4n) is 6.80. The van der Waals surface area contributed by atoms with Crippen LogP contribution >= 0.6 is 0 Å². The number of carbonyl (C=O) groups excluding carboxylic acids is 3. The molecule has 0 bridgehead atoms. The largest absolute Gasteiger partial charge is 0.497 e. The number of benzene rings is 1. The third-order valence-electron chi connectivity index (χ3n) is 9.56. The summed E-state index contributed by atoms with van der Waals surface area (Å²) in [6.07, 6.45) is 8.49. The zero-order chi connectivity index (χ0) is 36.3. The van der Waals surface area contributed by atoms with E-state index in [1.807, 2.05) is 48.6 Å². The van der Waals surface area contributed by atoms with Crippen LogP contribution in [0.4, 0.5) is 4.79 Å². The number of aliphatic carboxylic acids is 1. The molecule has 2 aromatic heterocycles. The maximum absolute atomic E-state index is 14.4. The van der Waals surface area contributed by atoms with Gasteiger partial charge in [0.1, 0.15) is 40.4 Å². The van der Waals surface area contributed by atoms with Crippen LogP contribution in [0, 0.1) is 5.92 Å². The summed E-state index contributed by atoms with van der Waals surface area (Å²) in [6, 6.07) is 10.3. The summed E-state index contributed by atoms with van der Waals surface area (Å²) in [5, 5.41) is 25.5. The first-order valence-electron chi connectivity index (χ1n) is 17.4. The standard InChI is InChI=1S/C37H45N7O7/c1-36(2,3)51-35(49)39-28-14-9-7-5-6-8-12-24-21-37(24,34(47)48)40-32(45)29-20-25(22-43(29)33(28)46)44-41-30(23-15-17-26(50-4)18-16-23)31(42-44)27-13-10-11-19-38-27/h8,10-13,15-19,24-25,28-29H,5-7,9,14,20-22H2,1-4H3,(H,39,49)(H,40,45)(H,47,48)/t24-,25+,28-,29+,37+/m1/s1. The van der Waals surface area contributed by atoms with Crippen molar-refractivity contribution in [3.8, 4) is 28.4 Å². The lowest BCUT2D eigenvalue weighted by Crippen LogP contribution is -2.56. The number of amides is 3. The van der Waals surface area contributed by atoms with E-state index < -0.39 is 53.1 Å². The number of ether oxygens (including phenoxy) is 2. The van der Waals surface area contributed by atoms with Crippen LogP contribution in [0.5, 0.6) is 5.75 Å². The van der Waals surface area contributed by atoms with Gasteiger partial charge in [-0.25, -0.2) is 9.59 Å². The van der Waals surface area contributed by atoms with E-state index >= 15 is 0 Å². The second-order valence-corrected chi connectivity index (χ2v) is 14.4. The number of fused-ring (bicyclic) bond motifs is 2. The first-order valence-corrected chi connectivity index (χ1v) is 17.4. The molecule has 1 aliphatic carbocycles. The first kappa shape index (κ1) is 35.6. The quantitative estimate of drug-likeness (QED) is 0.310. The Labute approximate surface area is 296 Å². The Morgan fingerprint density at radius 1 is 1.04 bits per heavy atom. The molecule has 4 heterocycles. The molecule has 0 radical (unpaired) electrons. The molecule has 1 aromatic carbocycles. The molecule has 1 saturated carbocycles. The lowest BCUT2D eigenvalue weighted by atomic mass is 10.0. The number of rotatable bonds is 6. The van der Waals surface area contributed by atoms with Crippen molar-refractivity contribution in [2.24, 2.45) is 5.92 Å². The highest BCUT2D eigenvalue weighted by atomic mass is 16.6. The molecule has 0 unspecified atom stereocenters. The molecule has 3 amide bonds.